The van der Waals surface area contributed by atoms with Gasteiger partial charge in [0.25, 0.3) is 0 Å². The van der Waals surface area contributed by atoms with E-state index in [1.54, 1.807) is 0 Å². The van der Waals surface area contributed by atoms with Crippen molar-refractivity contribution in [2.75, 3.05) is 26.3 Å². The first kappa shape index (κ1) is 16.3. The van der Waals surface area contributed by atoms with Crippen LogP contribution in [0.1, 0.15) is 40.0 Å². The van der Waals surface area contributed by atoms with Crippen LogP contribution in [0.5, 0.6) is 0 Å². The number of ether oxygens (including phenoxy) is 1. The fourth-order valence-electron chi connectivity index (χ4n) is 3.43. The lowest BCUT2D eigenvalue weighted by molar-refractivity contribution is 0.0534. The monoisotopic (exact) mass is 290 g/mol. The molecule has 2 aliphatic rings. The van der Waals surface area contributed by atoms with Gasteiger partial charge in [-0.1, -0.05) is 32.4 Å². The summed E-state index contributed by atoms with van der Waals surface area (Å²) in [6, 6.07) is 0. The Labute approximate surface area is 129 Å². The van der Waals surface area contributed by atoms with Crippen LogP contribution in [-0.2, 0) is 4.74 Å². The van der Waals surface area contributed by atoms with Gasteiger partial charge in [0.2, 0.25) is 0 Å². The summed E-state index contributed by atoms with van der Waals surface area (Å²) in [4.78, 5) is 6.69. The van der Waals surface area contributed by atoms with E-state index in [0.29, 0.717) is 0 Å². The molecule has 0 unspecified atom stereocenters. The Morgan fingerprint density at radius 2 is 1.95 bits per heavy atom. The van der Waals surface area contributed by atoms with Crippen LogP contribution in [0.3, 0.4) is 0 Å². The van der Waals surface area contributed by atoms with Gasteiger partial charge in [0.05, 0.1) is 13.2 Å². The first-order valence-electron chi connectivity index (χ1n) is 8.30. The molecule has 21 heavy (non-hydrogen) atoms. The highest BCUT2D eigenvalue weighted by Crippen LogP contribution is 2.37. The standard InChI is InChI=1S/C18H30N2O/c1-14-5-6-15(2)18(13-14)16(3)7-8-19-17(4)20-9-11-21-12-10-20/h7-8,14-15,18H,4-6,9-13H2,1-3H3/b16-7+,19-8-/t14-,15+,18-/m1/s1. The molecule has 3 nitrogen and oxygen atoms in total. The number of morpholine rings is 1. The summed E-state index contributed by atoms with van der Waals surface area (Å²) in [7, 11) is 0. The smallest absolute Gasteiger partial charge is 0.121 e. The Balaban J connectivity index is 1.89. The van der Waals surface area contributed by atoms with E-state index in [0.717, 1.165) is 49.9 Å². The molecule has 0 aromatic heterocycles. The average molecular weight is 290 g/mol. The molecule has 2 rings (SSSR count). The summed E-state index contributed by atoms with van der Waals surface area (Å²) in [5, 5.41) is 0. The summed E-state index contributed by atoms with van der Waals surface area (Å²) in [6.45, 7) is 14.4. The molecule has 0 aromatic carbocycles. The Kier molecular flexibility index (Phi) is 6.04. The van der Waals surface area contributed by atoms with Crippen molar-refractivity contribution in [3.63, 3.8) is 0 Å². The molecule has 1 aliphatic carbocycles. The van der Waals surface area contributed by atoms with Crippen molar-refractivity contribution >= 4 is 6.21 Å². The van der Waals surface area contributed by atoms with Crippen molar-refractivity contribution in [1.82, 2.24) is 4.90 Å². The summed E-state index contributed by atoms with van der Waals surface area (Å²) in [5.74, 6) is 3.23. The van der Waals surface area contributed by atoms with E-state index in [1.807, 2.05) is 6.21 Å². The number of nitrogens with zero attached hydrogens (tertiary/aromatic N) is 2. The molecule has 0 N–H and O–H groups in total. The molecule has 1 heterocycles. The topological polar surface area (TPSA) is 24.8 Å². The molecular formula is C18H30N2O. The summed E-state index contributed by atoms with van der Waals surface area (Å²) < 4.78 is 5.35. The largest absolute Gasteiger partial charge is 0.378 e. The van der Waals surface area contributed by atoms with Crippen molar-refractivity contribution in [3.8, 4) is 0 Å². The van der Waals surface area contributed by atoms with Crippen molar-refractivity contribution < 1.29 is 4.74 Å². The van der Waals surface area contributed by atoms with Gasteiger partial charge in [-0.3, -0.25) is 0 Å². The highest BCUT2D eigenvalue weighted by molar-refractivity contribution is 5.73. The normalized spacial score (nSPS) is 31.7. The molecule has 0 aromatic rings. The predicted molar refractivity (Wildman–Crippen MR) is 89.5 cm³/mol. The zero-order chi connectivity index (χ0) is 15.2. The molecule has 0 bridgehead atoms. The minimum absolute atomic E-state index is 0.719. The van der Waals surface area contributed by atoms with Crippen LogP contribution in [0.4, 0.5) is 0 Å². The van der Waals surface area contributed by atoms with Crippen molar-refractivity contribution in [1.29, 1.82) is 0 Å². The van der Waals surface area contributed by atoms with Crippen molar-refractivity contribution in [2.24, 2.45) is 22.7 Å². The first-order valence-corrected chi connectivity index (χ1v) is 8.30. The number of aliphatic imine (C=N–C) groups is 1. The summed E-state index contributed by atoms with van der Waals surface area (Å²) in [5.41, 5.74) is 1.47. The van der Waals surface area contributed by atoms with E-state index in [4.69, 9.17) is 4.74 Å². The van der Waals surface area contributed by atoms with Gasteiger partial charge < -0.3 is 9.64 Å². The summed E-state index contributed by atoms with van der Waals surface area (Å²) in [6.07, 6.45) is 8.17. The Morgan fingerprint density at radius 3 is 2.67 bits per heavy atom. The number of hydrogen-bond acceptors (Lipinski definition) is 3. The molecule has 118 valence electrons. The molecule has 0 amide bonds. The van der Waals surface area contributed by atoms with Crippen LogP contribution in [0.2, 0.25) is 0 Å². The van der Waals surface area contributed by atoms with Gasteiger partial charge in [0.1, 0.15) is 5.82 Å². The maximum atomic E-state index is 5.35. The summed E-state index contributed by atoms with van der Waals surface area (Å²) >= 11 is 0. The van der Waals surface area contributed by atoms with Crippen LogP contribution in [-0.4, -0.2) is 37.4 Å². The minimum Gasteiger partial charge on any atom is -0.378 e. The molecule has 3 atom stereocenters. The van der Waals surface area contributed by atoms with Gasteiger partial charge in [-0.2, -0.15) is 0 Å². The number of hydrogen-bond donors (Lipinski definition) is 0. The van der Waals surface area contributed by atoms with Gasteiger partial charge in [0.15, 0.2) is 0 Å². The molecular weight excluding hydrogens is 260 g/mol. The van der Waals surface area contributed by atoms with Crippen LogP contribution in [0, 0.1) is 17.8 Å². The van der Waals surface area contributed by atoms with Crippen LogP contribution in [0.25, 0.3) is 0 Å². The zero-order valence-electron chi connectivity index (χ0n) is 13.8. The van der Waals surface area contributed by atoms with E-state index in [-0.39, 0.29) is 0 Å². The lowest BCUT2D eigenvalue weighted by atomic mass is 9.72. The maximum Gasteiger partial charge on any atom is 0.121 e. The van der Waals surface area contributed by atoms with Crippen LogP contribution < -0.4 is 0 Å². The highest BCUT2D eigenvalue weighted by atomic mass is 16.5. The molecule has 0 spiro atoms. The maximum absolute atomic E-state index is 5.35. The van der Waals surface area contributed by atoms with Crippen molar-refractivity contribution in [3.05, 3.63) is 24.0 Å². The van der Waals surface area contributed by atoms with E-state index in [1.165, 1.54) is 24.8 Å². The zero-order valence-corrected chi connectivity index (χ0v) is 13.8. The lowest BCUT2D eigenvalue weighted by Crippen LogP contribution is -2.34. The quantitative estimate of drug-likeness (QED) is 0.734. The van der Waals surface area contributed by atoms with Gasteiger partial charge >= 0.3 is 0 Å². The predicted octanol–water partition coefficient (Wildman–Crippen LogP) is 3.88. The fourth-order valence-corrected chi connectivity index (χ4v) is 3.43. The van der Waals surface area contributed by atoms with E-state index in [9.17, 15) is 0 Å². The van der Waals surface area contributed by atoms with E-state index >= 15 is 0 Å². The minimum atomic E-state index is 0.719. The first-order chi connectivity index (χ1) is 10.1. The van der Waals surface area contributed by atoms with E-state index < -0.39 is 0 Å². The van der Waals surface area contributed by atoms with Crippen LogP contribution in [0.15, 0.2) is 29.0 Å². The second-order valence-corrected chi connectivity index (χ2v) is 6.71. The third-order valence-electron chi connectivity index (χ3n) is 4.98. The van der Waals surface area contributed by atoms with E-state index in [2.05, 4.69) is 43.3 Å². The molecule has 0 radical (unpaired) electrons. The number of allylic oxidation sites excluding steroid dienone is 2. The highest BCUT2D eigenvalue weighted by Gasteiger charge is 2.26. The molecule has 1 saturated heterocycles. The second-order valence-electron chi connectivity index (χ2n) is 6.71. The third kappa shape index (κ3) is 4.70. The molecule has 1 saturated carbocycles. The van der Waals surface area contributed by atoms with Gasteiger partial charge in [-0.15, -0.1) is 0 Å². The Hall–Kier alpha value is -1.09. The Morgan fingerprint density at radius 1 is 1.24 bits per heavy atom. The average Bonchev–Trinajstić information content (AvgIpc) is 2.50. The SMILES string of the molecule is C=C(/N=C\C=C(/C)[C@@H]1C[C@H](C)CC[C@@H]1C)N1CCOCC1. The van der Waals surface area contributed by atoms with Gasteiger partial charge in [0, 0.05) is 19.3 Å². The van der Waals surface area contributed by atoms with Crippen LogP contribution >= 0.6 is 0 Å². The molecule has 3 heteroatoms. The molecule has 1 aliphatic heterocycles. The van der Waals surface area contributed by atoms with Crippen molar-refractivity contribution in [2.45, 2.75) is 40.0 Å². The fraction of sp³-hybridized carbons (Fsp3) is 0.722. The van der Waals surface area contributed by atoms with Gasteiger partial charge in [-0.25, -0.2) is 4.99 Å². The second kappa shape index (κ2) is 7.79. The van der Waals surface area contributed by atoms with Gasteiger partial charge in [-0.05, 0) is 43.6 Å². The molecule has 2 fully saturated rings. The third-order valence-corrected chi connectivity index (χ3v) is 4.98. The lowest BCUT2D eigenvalue weighted by Gasteiger charge is -2.33. The number of rotatable bonds is 4. The Bertz CT molecular complexity index is 407.